The number of rotatable bonds is 6. The lowest BCUT2D eigenvalue weighted by atomic mass is 10.1. The zero-order valence-corrected chi connectivity index (χ0v) is 17.8. The molecule has 0 aliphatic carbocycles. The zero-order chi connectivity index (χ0) is 20.3. The van der Waals surface area contributed by atoms with Gasteiger partial charge in [-0.15, -0.1) is 0 Å². The Balaban J connectivity index is 1.80. The Morgan fingerprint density at radius 2 is 1.93 bits per heavy atom. The molecule has 2 amide bonds. The smallest absolute Gasteiger partial charge is 0.267 e. The summed E-state index contributed by atoms with van der Waals surface area (Å²) in [7, 11) is 4.01. The standard InChI is InChI=1S/C21H24BrN3O3/c1-14-21(27)25(12-4-11-24(2)3)18-13-17(9-10-19(18)28-14)23-20(26)15-5-7-16(22)8-6-15/h5-10,13-14H,4,11-12H2,1-3H3,(H,23,26). The van der Waals surface area contributed by atoms with Crippen molar-refractivity contribution in [3.63, 3.8) is 0 Å². The van der Waals surface area contributed by atoms with Crippen LogP contribution < -0.4 is 15.0 Å². The zero-order valence-electron chi connectivity index (χ0n) is 16.2. The maximum atomic E-state index is 12.6. The van der Waals surface area contributed by atoms with Crippen molar-refractivity contribution in [1.29, 1.82) is 0 Å². The molecule has 2 aromatic carbocycles. The normalized spacial score (nSPS) is 16.0. The van der Waals surface area contributed by atoms with Crippen LogP contribution in [0, 0.1) is 0 Å². The third kappa shape index (κ3) is 4.72. The van der Waals surface area contributed by atoms with E-state index < -0.39 is 6.10 Å². The Morgan fingerprint density at radius 1 is 1.21 bits per heavy atom. The molecule has 1 atom stereocenters. The number of amides is 2. The van der Waals surface area contributed by atoms with Gasteiger partial charge in [0.1, 0.15) is 5.75 Å². The van der Waals surface area contributed by atoms with Gasteiger partial charge in [-0.2, -0.15) is 0 Å². The molecule has 0 saturated carbocycles. The van der Waals surface area contributed by atoms with Crippen LogP contribution in [0.5, 0.6) is 5.75 Å². The van der Waals surface area contributed by atoms with Gasteiger partial charge in [0.05, 0.1) is 5.69 Å². The monoisotopic (exact) mass is 445 g/mol. The maximum absolute atomic E-state index is 12.6. The molecule has 1 aliphatic heterocycles. The number of anilines is 2. The minimum atomic E-state index is -0.518. The molecular weight excluding hydrogens is 422 g/mol. The number of carbonyl (C=O) groups excluding carboxylic acids is 2. The number of benzene rings is 2. The fourth-order valence-corrected chi connectivity index (χ4v) is 3.33. The molecule has 0 saturated heterocycles. The van der Waals surface area contributed by atoms with E-state index in [0.29, 0.717) is 29.2 Å². The Kier molecular flexibility index (Phi) is 6.36. The molecule has 0 bridgehead atoms. The molecule has 0 fully saturated rings. The van der Waals surface area contributed by atoms with E-state index in [0.717, 1.165) is 17.4 Å². The van der Waals surface area contributed by atoms with Crippen LogP contribution in [0.3, 0.4) is 0 Å². The third-order valence-corrected chi connectivity index (χ3v) is 5.05. The number of halogens is 1. The van der Waals surface area contributed by atoms with Crippen molar-refractivity contribution in [3.05, 3.63) is 52.5 Å². The van der Waals surface area contributed by atoms with Gasteiger partial charge in [-0.25, -0.2) is 0 Å². The third-order valence-electron chi connectivity index (χ3n) is 4.52. The fraction of sp³-hybridized carbons (Fsp3) is 0.333. The van der Waals surface area contributed by atoms with Crippen molar-refractivity contribution >= 4 is 39.1 Å². The molecule has 2 aromatic rings. The average Bonchev–Trinajstić information content (AvgIpc) is 2.65. The highest BCUT2D eigenvalue weighted by molar-refractivity contribution is 9.10. The second kappa shape index (κ2) is 8.75. The molecule has 1 unspecified atom stereocenters. The van der Waals surface area contributed by atoms with Crippen LogP contribution >= 0.6 is 15.9 Å². The molecule has 1 N–H and O–H groups in total. The van der Waals surface area contributed by atoms with Crippen LogP contribution in [0.1, 0.15) is 23.7 Å². The summed E-state index contributed by atoms with van der Waals surface area (Å²) in [6.07, 6.45) is 0.329. The number of fused-ring (bicyclic) bond motifs is 1. The number of nitrogens with one attached hydrogen (secondary N) is 1. The van der Waals surface area contributed by atoms with Crippen LogP contribution in [0.2, 0.25) is 0 Å². The largest absolute Gasteiger partial charge is 0.479 e. The molecular formula is C21H24BrN3O3. The van der Waals surface area contributed by atoms with E-state index in [2.05, 4.69) is 26.1 Å². The minimum absolute atomic E-state index is 0.0670. The summed E-state index contributed by atoms with van der Waals surface area (Å²) in [5, 5.41) is 2.89. The highest BCUT2D eigenvalue weighted by Gasteiger charge is 2.31. The highest BCUT2D eigenvalue weighted by atomic mass is 79.9. The molecule has 28 heavy (non-hydrogen) atoms. The first-order valence-corrected chi connectivity index (χ1v) is 9.98. The van der Waals surface area contributed by atoms with Crippen molar-refractivity contribution in [1.82, 2.24) is 4.90 Å². The predicted octanol–water partition coefficient (Wildman–Crippen LogP) is 3.77. The number of ether oxygens (including phenoxy) is 1. The number of nitrogens with zero attached hydrogens (tertiary/aromatic N) is 2. The quantitative estimate of drug-likeness (QED) is 0.734. The van der Waals surface area contributed by atoms with Gasteiger partial charge in [-0.3, -0.25) is 9.59 Å². The molecule has 148 valence electrons. The number of carbonyl (C=O) groups is 2. The van der Waals surface area contributed by atoms with Crippen LogP contribution in [-0.2, 0) is 4.79 Å². The van der Waals surface area contributed by atoms with Crippen molar-refractivity contribution in [2.45, 2.75) is 19.4 Å². The Bertz CT molecular complexity index is 868. The topological polar surface area (TPSA) is 61.9 Å². The fourth-order valence-electron chi connectivity index (χ4n) is 3.06. The number of hydrogen-bond acceptors (Lipinski definition) is 4. The summed E-state index contributed by atoms with van der Waals surface area (Å²) < 4.78 is 6.65. The van der Waals surface area contributed by atoms with E-state index in [1.165, 1.54) is 0 Å². The first-order valence-electron chi connectivity index (χ1n) is 9.19. The van der Waals surface area contributed by atoms with Crippen molar-refractivity contribution in [2.75, 3.05) is 37.4 Å². The van der Waals surface area contributed by atoms with Crippen molar-refractivity contribution < 1.29 is 14.3 Å². The van der Waals surface area contributed by atoms with Gasteiger partial charge >= 0.3 is 0 Å². The van der Waals surface area contributed by atoms with E-state index in [-0.39, 0.29) is 11.8 Å². The molecule has 0 aromatic heterocycles. The summed E-state index contributed by atoms with van der Waals surface area (Å²) in [4.78, 5) is 29.0. The van der Waals surface area contributed by atoms with Crippen LogP contribution in [0.15, 0.2) is 46.9 Å². The Hall–Kier alpha value is -2.38. The molecule has 3 rings (SSSR count). The van der Waals surface area contributed by atoms with Crippen molar-refractivity contribution in [2.24, 2.45) is 0 Å². The first kappa shape index (κ1) is 20.4. The van der Waals surface area contributed by atoms with E-state index in [1.807, 2.05) is 26.2 Å². The molecule has 1 aliphatic rings. The molecule has 7 heteroatoms. The summed E-state index contributed by atoms with van der Waals surface area (Å²) in [6, 6.07) is 12.5. The van der Waals surface area contributed by atoms with E-state index in [1.54, 1.807) is 42.2 Å². The highest BCUT2D eigenvalue weighted by Crippen LogP contribution is 2.36. The van der Waals surface area contributed by atoms with Crippen LogP contribution in [0.25, 0.3) is 0 Å². The molecule has 0 radical (unpaired) electrons. The Labute approximate surface area is 173 Å². The van der Waals surface area contributed by atoms with Gasteiger partial charge in [-0.05, 0) is 76.4 Å². The summed E-state index contributed by atoms with van der Waals surface area (Å²) in [5.74, 6) is 0.379. The van der Waals surface area contributed by atoms with Gasteiger partial charge in [0.25, 0.3) is 11.8 Å². The van der Waals surface area contributed by atoms with Gasteiger partial charge in [-0.1, -0.05) is 15.9 Å². The second-order valence-corrected chi connectivity index (χ2v) is 7.97. The lowest BCUT2D eigenvalue weighted by molar-refractivity contribution is -0.125. The first-order chi connectivity index (χ1) is 13.3. The van der Waals surface area contributed by atoms with E-state index in [9.17, 15) is 9.59 Å². The summed E-state index contributed by atoms with van der Waals surface area (Å²) in [5.41, 5.74) is 1.87. The summed E-state index contributed by atoms with van der Waals surface area (Å²) in [6.45, 7) is 3.24. The lowest BCUT2D eigenvalue weighted by Gasteiger charge is -2.33. The van der Waals surface area contributed by atoms with Crippen molar-refractivity contribution in [3.8, 4) is 5.75 Å². The van der Waals surface area contributed by atoms with E-state index >= 15 is 0 Å². The maximum Gasteiger partial charge on any atom is 0.267 e. The van der Waals surface area contributed by atoms with Gasteiger partial charge < -0.3 is 19.9 Å². The Morgan fingerprint density at radius 3 is 2.61 bits per heavy atom. The van der Waals surface area contributed by atoms with Crippen LogP contribution in [0.4, 0.5) is 11.4 Å². The van der Waals surface area contributed by atoms with E-state index in [4.69, 9.17) is 4.74 Å². The number of hydrogen-bond donors (Lipinski definition) is 1. The minimum Gasteiger partial charge on any atom is -0.479 e. The van der Waals surface area contributed by atoms with Crippen LogP contribution in [-0.4, -0.2) is 50.0 Å². The molecule has 1 heterocycles. The lowest BCUT2D eigenvalue weighted by Crippen LogP contribution is -2.45. The predicted molar refractivity (Wildman–Crippen MR) is 114 cm³/mol. The molecule has 0 spiro atoms. The van der Waals surface area contributed by atoms with Gasteiger partial charge in [0.2, 0.25) is 0 Å². The van der Waals surface area contributed by atoms with Gasteiger partial charge in [0.15, 0.2) is 6.10 Å². The van der Waals surface area contributed by atoms with Gasteiger partial charge in [0, 0.05) is 22.3 Å². The average molecular weight is 446 g/mol. The molecule has 6 nitrogen and oxygen atoms in total. The second-order valence-electron chi connectivity index (χ2n) is 7.05. The SMILES string of the molecule is CC1Oc2ccc(NC(=O)c3ccc(Br)cc3)cc2N(CCCN(C)C)C1=O. The summed E-state index contributed by atoms with van der Waals surface area (Å²) >= 11 is 3.36.